The molecule has 0 spiro atoms. The van der Waals surface area contributed by atoms with Crippen LogP contribution in [-0.2, 0) is 0 Å². The van der Waals surface area contributed by atoms with Crippen LogP contribution in [0.2, 0.25) is 0 Å². The number of rotatable bonds is 2. The summed E-state index contributed by atoms with van der Waals surface area (Å²) >= 11 is 1.65. The molecule has 0 unspecified atom stereocenters. The van der Waals surface area contributed by atoms with Crippen molar-refractivity contribution in [3.05, 3.63) is 28.8 Å². The van der Waals surface area contributed by atoms with Crippen LogP contribution < -0.4 is 0 Å². The molecule has 0 aliphatic carbocycles. The lowest BCUT2D eigenvalue weighted by molar-refractivity contribution is 0.910. The van der Waals surface area contributed by atoms with Crippen molar-refractivity contribution >= 4 is 11.8 Å². The van der Waals surface area contributed by atoms with Crippen LogP contribution >= 0.6 is 11.8 Å². The third-order valence-corrected chi connectivity index (χ3v) is 3.68. The van der Waals surface area contributed by atoms with E-state index < -0.39 is 0 Å². The highest BCUT2D eigenvalue weighted by Crippen LogP contribution is 2.36. The zero-order chi connectivity index (χ0) is 11.6. The summed E-state index contributed by atoms with van der Waals surface area (Å²) in [6.07, 6.45) is 0. The first-order chi connectivity index (χ1) is 6.85. The topological polar surface area (TPSA) is 23.8 Å². The van der Waals surface area contributed by atoms with E-state index in [2.05, 4.69) is 39.0 Å². The molecule has 80 valence electrons. The number of thioether (sulfide) groups is 1. The molecule has 0 aliphatic heterocycles. The summed E-state index contributed by atoms with van der Waals surface area (Å²) in [5.74, 6) is 0. The van der Waals surface area contributed by atoms with Gasteiger partial charge in [-0.3, -0.25) is 0 Å². The minimum Gasteiger partial charge on any atom is -0.197 e. The summed E-state index contributed by atoms with van der Waals surface area (Å²) in [6, 6.07) is 6.66. The van der Waals surface area contributed by atoms with Crippen LogP contribution in [0.5, 0.6) is 0 Å². The molecule has 0 radical (unpaired) electrons. The van der Waals surface area contributed by atoms with E-state index in [0.717, 1.165) is 0 Å². The van der Waals surface area contributed by atoms with Gasteiger partial charge in [-0.15, -0.1) is 11.8 Å². The lowest BCUT2D eigenvalue weighted by atomic mass is 10.1. The molecule has 0 N–H and O–H groups in total. The average Bonchev–Trinajstić information content (AvgIpc) is 2.11. The van der Waals surface area contributed by atoms with Crippen molar-refractivity contribution in [2.75, 3.05) is 0 Å². The Morgan fingerprint density at radius 1 is 1.13 bits per heavy atom. The summed E-state index contributed by atoms with van der Waals surface area (Å²) in [4.78, 5) is 1.24. The highest BCUT2D eigenvalue weighted by molar-refractivity contribution is 8.01. The molecule has 0 atom stereocenters. The Kier molecular flexibility index (Phi) is 3.46. The SMILES string of the molecule is Cc1cc(C)c(SC(C)(C)C#N)c(C)c1. The van der Waals surface area contributed by atoms with Crippen molar-refractivity contribution in [2.45, 2.75) is 44.3 Å². The Morgan fingerprint density at radius 3 is 2.00 bits per heavy atom. The smallest absolute Gasteiger partial charge is 0.101 e. The minimum absolute atomic E-state index is 0.356. The van der Waals surface area contributed by atoms with E-state index in [1.165, 1.54) is 21.6 Å². The van der Waals surface area contributed by atoms with Gasteiger partial charge < -0.3 is 0 Å². The third kappa shape index (κ3) is 3.00. The lowest BCUT2D eigenvalue weighted by Crippen LogP contribution is -2.11. The minimum atomic E-state index is -0.356. The summed E-state index contributed by atoms with van der Waals surface area (Å²) in [5.41, 5.74) is 3.81. The summed E-state index contributed by atoms with van der Waals surface area (Å²) in [6.45, 7) is 10.2. The predicted octanol–water partition coefficient (Wildman–Crippen LogP) is 4.01. The highest BCUT2D eigenvalue weighted by atomic mass is 32.2. The predicted molar refractivity (Wildman–Crippen MR) is 66.2 cm³/mol. The van der Waals surface area contributed by atoms with Gasteiger partial charge in [0.05, 0.1) is 6.07 Å². The van der Waals surface area contributed by atoms with Gasteiger partial charge in [0.2, 0.25) is 0 Å². The maximum Gasteiger partial charge on any atom is 0.101 e. The fraction of sp³-hybridized carbons (Fsp3) is 0.462. The molecular formula is C13H17NS. The molecule has 0 aromatic heterocycles. The fourth-order valence-corrected chi connectivity index (χ4v) is 2.60. The second-order valence-electron chi connectivity index (χ2n) is 4.45. The molecule has 1 aromatic rings. The van der Waals surface area contributed by atoms with Gasteiger partial charge in [0, 0.05) is 4.90 Å². The molecule has 0 saturated carbocycles. The van der Waals surface area contributed by atoms with Gasteiger partial charge in [-0.1, -0.05) is 17.7 Å². The number of aryl methyl sites for hydroxylation is 3. The molecule has 1 rings (SSSR count). The first kappa shape index (κ1) is 12.1. The van der Waals surface area contributed by atoms with E-state index in [4.69, 9.17) is 5.26 Å². The Hall–Kier alpha value is -0.940. The molecule has 1 aromatic carbocycles. The Morgan fingerprint density at radius 2 is 1.60 bits per heavy atom. The van der Waals surface area contributed by atoms with Crippen LogP contribution in [0, 0.1) is 32.1 Å². The van der Waals surface area contributed by atoms with E-state index in [9.17, 15) is 0 Å². The van der Waals surface area contributed by atoms with Gasteiger partial charge in [0.25, 0.3) is 0 Å². The molecule has 2 heteroatoms. The number of nitrogens with zero attached hydrogens (tertiary/aromatic N) is 1. The van der Waals surface area contributed by atoms with E-state index >= 15 is 0 Å². The van der Waals surface area contributed by atoms with Crippen molar-refractivity contribution in [3.8, 4) is 6.07 Å². The molecule has 0 saturated heterocycles. The van der Waals surface area contributed by atoms with Gasteiger partial charge in [-0.25, -0.2) is 0 Å². The van der Waals surface area contributed by atoms with Crippen LogP contribution in [0.15, 0.2) is 17.0 Å². The molecule has 0 amide bonds. The molecule has 15 heavy (non-hydrogen) atoms. The first-order valence-corrected chi connectivity index (χ1v) is 5.85. The van der Waals surface area contributed by atoms with Gasteiger partial charge in [-0.05, 0) is 45.7 Å². The number of hydrogen-bond acceptors (Lipinski definition) is 2. The van der Waals surface area contributed by atoms with E-state index in [1.54, 1.807) is 11.8 Å². The van der Waals surface area contributed by atoms with Crippen molar-refractivity contribution < 1.29 is 0 Å². The van der Waals surface area contributed by atoms with Gasteiger partial charge in [-0.2, -0.15) is 5.26 Å². The summed E-state index contributed by atoms with van der Waals surface area (Å²) in [7, 11) is 0. The van der Waals surface area contributed by atoms with Crippen LogP contribution in [0.4, 0.5) is 0 Å². The average molecular weight is 219 g/mol. The molecule has 0 bridgehead atoms. The maximum absolute atomic E-state index is 9.02. The molecule has 0 heterocycles. The van der Waals surface area contributed by atoms with Crippen LogP contribution in [-0.4, -0.2) is 4.75 Å². The maximum atomic E-state index is 9.02. The Labute approximate surface area is 96.5 Å². The van der Waals surface area contributed by atoms with Crippen LogP contribution in [0.3, 0.4) is 0 Å². The molecule has 0 aliphatic rings. The zero-order valence-electron chi connectivity index (χ0n) is 10.0. The monoisotopic (exact) mass is 219 g/mol. The highest BCUT2D eigenvalue weighted by Gasteiger charge is 2.20. The van der Waals surface area contributed by atoms with Crippen LogP contribution in [0.1, 0.15) is 30.5 Å². The lowest BCUT2D eigenvalue weighted by Gasteiger charge is -2.18. The van der Waals surface area contributed by atoms with Gasteiger partial charge in [0.15, 0.2) is 0 Å². The van der Waals surface area contributed by atoms with E-state index in [1.807, 2.05) is 13.8 Å². The van der Waals surface area contributed by atoms with Crippen molar-refractivity contribution in [2.24, 2.45) is 0 Å². The number of hydrogen-bond donors (Lipinski definition) is 0. The Balaban J connectivity index is 3.12. The largest absolute Gasteiger partial charge is 0.197 e. The van der Waals surface area contributed by atoms with Crippen LogP contribution in [0.25, 0.3) is 0 Å². The zero-order valence-corrected chi connectivity index (χ0v) is 10.8. The van der Waals surface area contributed by atoms with Crippen molar-refractivity contribution in [1.82, 2.24) is 0 Å². The number of nitriles is 1. The number of benzene rings is 1. The van der Waals surface area contributed by atoms with E-state index in [0.29, 0.717) is 0 Å². The van der Waals surface area contributed by atoms with Gasteiger partial charge in [0.1, 0.15) is 4.75 Å². The normalized spacial score (nSPS) is 11.2. The Bertz CT molecular complexity index is 390. The van der Waals surface area contributed by atoms with Crippen molar-refractivity contribution in [1.29, 1.82) is 5.26 Å². The van der Waals surface area contributed by atoms with E-state index in [-0.39, 0.29) is 4.75 Å². The second kappa shape index (κ2) is 4.28. The quantitative estimate of drug-likeness (QED) is 0.702. The second-order valence-corrected chi connectivity index (χ2v) is 6.09. The van der Waals surface area contributed by atoms with Crippen molar-refractivity contribution in [3.63, 3.8) is 0 Å². The fourth-order valence-electron chi connectivity index (χ4n) is 1.61. The van der Waals surface area contributed by atoms with Gasteiger partial charge >= 0.3 is 0 Å². The standard InChI is InChI=1S/C13H17NS/c1-9-6-10(2)12(11(3)7-9)15-13(4,5)8-14/h6-7H,1-5H3. The molecular weight excluding hydrogens is 202 g/mol. The summed E-state index contributed by atoms with van der Waals surface area (Å²) in [5, 5.41) is 9.02. The third-order valence-electron chi connectivity index (χ3n) is 2.23. The summed E-state index contributed by atoms with van der Waals surface area (Å²) < 4.78 is -0.356. The first-order valence-electron chi connectivity index (χ1n) is 5.04. The molecule has 1 nitrogen and oxygen atoms in total. The molecule has 0 fully saturated rings.